The summed E-state index contributed by atoms with van der Waals surface area (Å²) in [6.07, 6.45) is 2.58. The van der Waals surface area contributed by atoms with Gasteiger partial charge in [-0.3, -0.25) is 19.2 Å². The van der Waals surface area contributed by atoms with Gasteiger partial charge in [0.05, 0.1) is 57.1 Å². The number of aromatic nitrogens is 2. The van der Waals surface area contributed by atoms with Crippen LogP contribution in [0.3, 0.4) is 0 Å². The van der Waals surface area contributed by atoms with E-state index in [0.717, 1.165) is 9.80 Å². The molecular formula is C40H24N6O9. The third kappa shape index (κ3) is 6.33. The molecule has 0 saturated heterocycles. The number of benzene rings is 4. The van der Waals surface area contributed by atoms with Crippen LogP contribution in [-0.4, -0.2) is 45.5 Å². The fourth-order valence-corrected chi connectivity index (χ4v) is 5.90. The molecule has 4 aromatic carbocycles. The second kappa shape index (κ2) is 13.4. The number of hydrogen-bond acceptors (Lipinski definition) is 13. The Hall–Kier alpha value is -8.20. The maximum absolute atomic E-state index is 13.4. The second-order valence-electron chi connectivity index (χ2n) is 12.1. The molecule has 4 amide bonds. The number of nitrogens with two attached hydrogens (primary N) is 2. The number of anilines is 4. The summed E-state index contributed by atoms with van der Waals surface area (Å²) in [5.74, 6) is -2.28. The van der Waals surface area contributed by atoms with Gasteiger partial charge in [-0.1, -0.05) is 0 Å². The molecule has 2 aliphatic rings. The molecule has 15 heteroatoms. The van der Waals surface area contributed by atoms with Crippen molar-refractivity contribution in [2.24, 2.45) is 0 Å². The number of amides is 4. The van der Waals surface area contributed by atoms with Crippen LogP contribution >= 0.6 is 0 Å². The van der Waals surface area contributed by atoms with E-state index in [4.69, 9.17) is 25.7 Å². The van der Waals surface area contributed by atoms with E-state index < -0.39 is 35.6 Å². The number of nitrogen functional groups attached to an aromatic ring is 2. The molecule has 6 aromatic rings. The zero-order valence-corrected chi connectivity index (χ0v) is 28.2. The lowest BCUT2D eigenvalue weighted by Gasteiger charge is -2.16. The van der Waals surface area contributed by atoms with Crippen molar-refractivity contribution in [1.29, 1.82) is 0 Å². The van der Waals surface area contributed by atoms with Gasteiger partial charge < -0.3 is 25.7 Å². The third-order valence-electron chi connectivity index (χ3n) is 8.61. The SMILES string of the molecule is Nc1ccc(OC(=O)c2ccc3c(c2)C(=O)N(c2ccc(Oc4ccc(N5C(=O)c6ccc(C(=O)Oc7ccc(N)nc7)cc6C5=O)cc4)cc2)C3=O)cn1. The Morgan fingerprint density at radius 2 is 0.818 bits per heavy atom. The molecule has 0 spiro atoms. The number of ether oxygens (including phenoxy) is 3. The first-order valence-corrected chi connectivity index (χ1v) is 16.3. The van der Waals surface area contributed by atoms with Gasteiger partial charge in [0.1, 0.15) is 34.6 Å². The highest BCUT2D eigenvalue weighted by Crippen LogP contribution is 2.34. The van der Waals surface area contributed by atoms with Crippen molar-refractivity contribution in [3.05, 3.63) is 155 Å². The normalized spacial score (nSPS) is 13.1. The monoisotopic (exact) mass is 732 g/mol. The maximum atomic E-state index is 13.4. The van der Waals surface area contributed by atoms with E-state index >= 15 is 0 Å². The fraction of sp³-hybridized carbons (Fsp3) is 0. The Morgan fingerprint density at radius 1 is 0.455 bits per heavy atom. The molecule has 0 radical (unpaired) electrons. The summed E-state index contributed by atoms with van der Waals surface area (Å²) in [5.41, 5.74) is 12.2. The zero-order chi connectivity index (χ0) is 38.4. The minimum atomic E-state index is -0.742. The van der Waals surface area contributed by atoms with Crippen LogP contribution in [-0.2, 0) is 0 Å². The van der Waals surface area contributed by atoms with Crippen LogP contribution in [0.4, 0.5) is 23.0 Å². The number of nitrogens with zero attached hydrogens (tertiary/aromatic N) is 4. The summed E-state index contributed by atoms with van der Waals surface area (Å²) in [4.78, 5) is 88.3. The molecule has 4 N–H and O–H groups in total. The molecular weight excluding hydrogens is 708 g/mol. The van der Waals surface area contributed by atoms with Gasteiger partial charge in [-0.05, 0) is 109 Å². The van der Waals surface area contributed by atoms with E-state index in [0.29, 0.717) is 11.5 Å². The number of esters is 2. The minimum Gasteiger partial charge on any atom is -0.457 e. The second-order valence-corrected chi connectivity index (χ2v) is 12.1. The summed E-state index contributed by atoms with van der Waals surface area (Å²) in [6.45, 7) is 0. The molecule has 0 atom stereocenters. The lowest BCUT2D eigenvalue weighted by atomic mass is 10.1. The quantitative estimate of drug-likeness (QED) is 0.147. The molecule has 2 aromatic heterocycles. The summed E-state index contributed by atoms with van der Waals surface area (Å²) in [7, 11) is 0. The smallest absolute Gasteiger partial charge is 0.343 e. The summed E-state index contributed by atoms with van der Waals surface area (Å²) in [6, 6.07) is 26.5. The average Bonchev–Trinajstić information content (AvgIpc) is 3.60. The molecule has 8 rings (SSSR count). The maximum Gasteiger partial charge on any atom is 0.343 e. The molecule has 4 heterocycles. The van der Waals surface area contributed by atoms with E-state index in [2.05, 4.69) is 9.97 Å². The van der Waals surface area contributed by atoms with Crippen LogP contribution in [0, 0.1) is 0 Å². The first kappa shape index (κ1) is 33.9. The van der Waals surface area contributed by atoms with Crippen molar-refractivity contribution < 1.29 is 43.0 Å². The molecule has 55 heavy (non-hydrogen) atoms. The largest absolute Gasteiger partial charge is 0.457 e. The van der Waals surface area contributed by atoms with E-state index in [1.807, 2.05) is 0 Å². The summed E-state index contributed by atoms with van der Waals surface area (Å²) < 4.78 is 16.5. The van der Waals surface area contributed by atoms with Gasteiger partial charge in [0.25, 0.3) is 23.6 Å². The van der Waals surface area contributed by atoms with Crippen LogP contribution in [0.2, 0.25) is 0 Å². The van der Waals surface area contributed by atoms with Crippen LogP contribution in [0.15, 0.2) is 122 Å². The van der Waals surface area contributed by atoms with Crippen molar-refractivity contribution in [1.82, 2.24) is 9.97 Å². The van der Waals surface area contributed by atoms with E-state index in [-0.39, 0.29) is 67.9 Å². The Kier molecular flexibility index (Phi) is 8.27. The van der Waals surface area contributed by atoms with E-state index in [9.17, 15) is 28.8 Å². The van der Waals surface area contributed by atoms with Gasteiger partial charge in [0.15, 0.2) is 0 Å². The number of imide groups is 2. The van der Waals surface area contributed by atoms with Gasteiger partial charge in [-0.15, -0.1) is 0 Å². The Balaban J connectivity index is 0.918. The highest BCUT2D eigenvalue weighted by atomic mass is 16.5. The molecule has 15 nitrogen and oxygen atoms in total. The number of pyridine rings is 2. The fourth-order valence-electron chi connectivity index (χ4n) is 5.90. The first-order chi connectivity index (χ1) is 26.5. The molecule has 0 fully saturated rings. The standard InChI is InChI=1S/C40H24N6O9/c41-33-15-11-27(19-43-33)54-39(51)21-1-13-29-31(17-21)37(49)45(35(29)47)23-3-7-25(8-4-23)53-26-9-5-24(6-10-26)46-36(48)30-14-2-22(18-32(30)38(46)50)40(52)55-28-12-16-34(42)44-20-28/h1-20H,(H2,41,43)(H2,42,44). The number of rotatable bonds is 8. The topological polar surface area (TPSA) is 214 Å². The van der Waals surface area contributed by atoms with Crippen molar-refractivity contribution in [2.75, 3.05) is 21.3 Å². The number of fused-ring (bicyclic) bond motifs is 2. The molecule has 0 aliphatic carbocycles. The van der Waals surface area contributed by atoms with Crippen LogP contribution in [0.5, 0.6) is 23.0 Å². The Morgan fingerprint density at radius 3 is 1.18 bits per heavy atom. The van der Waals surface area contributed by atoms with Crippen molar-refractivity contribution in [2.45, 2.75) is 0 Å². The van der Waals surface area contributed by atoms with E-state index in [1.54, 1.807) is 24.3 Å². The van der Waals surface area contributed by atoms with Gasteiger partial charge >= 0.3 is 11.9 Å². The summed E-state index contributed by atoms with van der Waals surface area (Å²) >= 11 is 0. The highest BCUT2D eigenvalue weighted by molar-refractivity contribution is 6.35. The number of hydrogen-bond donors (Lipinski definition) is 2. The van der Waals surface area contributed by atoms with Crippen LogP contribution < -0.4 is 35.5 Å². The van der Waals surface area contributed by atoms with Crippen molar-refractivity contribution >= 4 is 58.6 Å². The third-order valence-corrected chi connectivity index (χ3v) is 8.61. The number of carbonyl (C=O) groups is 6. The van der Waals surface area contributed by atoms with Crippen molar-refractivity contribution in [3.63, 3.8) is 0 Å². The lowest BCUT2D eigenvalue weighted by molar-refractivity contribution is 0.0724. The summed E-state index contributed by atoms with van der Waals surface area (Å²) in [5, 5.41) is 0. The van der Waals surface area contributed by atoms with Gasteiger partial charge in [0, 0.05) is 0 Å². The average molecular weight is 733 g/mol. The van der Waals surface area contributed by atoms with Crippen molar-refractivity contribution in [3.8, 4) is 23.0 Å². The minimum absolute atomic E-state index is 0.0448. The Bertz CT molecular complexity index is 2410. The lowest BCUT2D eigenvalue weighted by Crippen LogP contribution is -2.29. The Labute approximate surface area is 310 Å². The molecule has 2 aliphatic heterocycles. The van der Waals surface area contributed by atoms with Crippen LogP contribution in [0.25, 0.3) is 0 Å². The predicted octanol–water partition coefficient (Wildman–Crippen LogP) is 5.47. The zero-order valence-electron chi connectivity index (χ0n) is 28.2. The number of carbonyl (C=O) groups excluding carboxylic acids is 6. The van der Waals surface area contributed by atoms with Gasteiger partial charge in [0.2, 0.25) is 0 Å². The predicted molar refractivity (Wildman–Crippen MR) is 195 cm³/mol. The molecule has 0 unspecified atom stereocenters. The molecule has 0 saturated carbocycles. The van der Waals surface area contributed by atoms with Gasteiger partial charge in [-0.2, -0.15) is 0 Å². The van der Waals surface area contributed by atoms with Gasteiger partial charge in [-0.25, -0.2) is 29.4 Å². The highest BCUT2D eigenvalue weighted by Gasteiger charge is 2.38. The molecule has 268 valence electrons. The van der Waals surface area contributed by atoms with Crippen LogP contribution in [0.1, 0.15) is 62.1 Å². The molecule has 0 bridgehead atoms. The first-order valence-electron chi connectivity index (χ1n) is 16.3. The van der Waals surface area contributed by atoms with E-state index in [1.165, 1.54) is 97.3 Å².